The molecule has 1 amide bonds. The van der Waals surface area contributed by atoms with E-state index in [4.69, 9.17) is 5.73 Å². The molecule has 0 radical (unpaired) electrons. The maximum Gasteiger partial charge on any atom is 0.225 e. The molecule has 0 aliphatic heterocycles. The molecule has 0 bridgehead atoms. The molecule has 2 atom stereocenters. The van der Waals surface area contributed by atoms with Crippen molar-refractivity contribution >= 4 is 5.91 Å². The summed E-state index contributed by atoms with van der Waals surface area (Å²) in [6, 6.07) is 0. The average Bonchev–Trinajstić information content (AvgIpc) is 2.88. The lowest BCUT2D eigenvalue weighted by Crippen LogP contribution is -2.29. The van der Waals surface area contributed by atoms with Gasteiger partial charge in [0.25, 0.3) is 0 Å². The smallest absolute Gasteiger partial charge is 0.225 e. The zero-order valence-corrected chi connectivity index (χ0v) is 9.33. The van der Waals surface area contributed by atoms with Gasteiger partial charge in [0.2, 0.25) is 5.91 Å². The fourth-order valence-electron chi connectivity index (χ4n) is 1.73. The van der Waals surface area contributed by atoms with E-state index in [1.807, 2.05) is 11.9 Å². The second kappa shape index (κ2) is 5.35. The summed E-state index contributed by atoms with van der Waals surface area (Å²) in [5.74, 6) is 1.29. The maximum absolute atomic E-state index is 11.7. The average molecular weight is 198 g/mol. The Morgan fingerprint density at radius 1 is 1.43 bits per heavy atom. The van der Waals surface area contributed by atoms with Crippen LogP contribution in [0.4, 0.5) is 0 Å². The molecule has 0 aromatic heterocycles. The Hall–Kier alpha value is -0.570. The predicted octanol–water partition coefficient (Wildman–Crippen LogP) is 1.23. The number of amides is 1. The van der Waals surface area contributed by atoms with Crippen molar-refractivity contribution in [3.63, 3.8) is 0 Å². The molecule has 2 N–H and O–H groups in total. The van der Waals surface area contributed by atoms with Crippen molar-refractivity contribution in [1.82, 2.24) is 4.90 Å². The van der Waals surface area contributed by atoms with Crippen molar-refractivity contribution in [3.8, 4) is 0 Å². The van der Waals surface area contributed by atoms with Crippen LogP contribution < -0.4 is 5.73 Å². The number of carbonyl (C=O) groups excluding carboxylic acids is 1. The zero-order valence-electron chi connectivity index (χ0n) is 9.33. The van der Waals surface area contributed by atoms with Crippen molar-refractivity contribution in [3.05, 3.63) is 0 Å². The van der Waals surface area contributed by atoms with Crippen molar-refractivity contribution in [2.45, 2.75) is 32.6 Å². The summed E-state index contributed by atoms with van der Waals surface area (Å²) in [5, 5.41) is 0. The van der Waals surface area contributed by atoms with Crippen LogP contribution in [0.2, 0.25) is 0 Å². The Bertz CT molecular complexity index is 194. The number of nitrogens with two attached hydrogens (primary N) is 1. The number of carbonyl (C=O) groups is 1. The van der Waals surface area contributed by atoms with E-state index in [2.05, 4.69) is 6.92 Å². The molecular weight excluding hydrogens is 176 g/mol. The molecule has 1 saturated carbocycles. The molecular formula is C11H22N2O. The van der Waals surface area contributed by atoms with E-state index in [1.165, 1.54) is 0 Å². The van der Waals surface area contributed by atoms with Crippen molar-refractivity contribution in [1.29, 1.82) is 0 Å². The minimum Gasteiger partial charge on any atom is -0.346 e. The van der Waals surface area contributed by atoms with Crippen LogP contribution in [0.1, 0.15) is 32.6 Å². The van der Waals surface area contributed by atoms with Crippen molar-refractivity contribution in [2.24, 2.45) is 17.6 Å². The fraction of sp³-hybridized carbons (Fsp3) is 0.909. The molecule has 2 unspecified atom stereocenters. The first-order valence-electron chi connectivity index (χ1n) is 5.62. The lowest BCUT2D eigenvalue weighted by atomic mass is 10.2. The van der Waals surface area contributed by atoms with Gasteiger partial charge in [-0.25, -0.2) is 0 Å². The van der Waals surface area contributed by atoms with Gasteiger partial charge in [-0.1, -0.05) is 13.3 Å². The number of hydrogen-bond donors (Lipinski definition) is 1. The molecule has 1 fully saturated rings. The summed E-state index contributed by atoms with van der Waals surface area (Å²) in [4.78, 5) is 13.6. The molecule has 82 valence electrons. The number of rotatable bonds is 6. The van der Waals surface area contributed by atoms with Gasteiger partial charge in [-0.15, -0.1) is 0 Å². The van der Waals surface area contributed by atoms with Gasteiger partial charge in [-0.3, -0.25) is 4.79 Å². The SMILES string of the molecule is CC1CC1C(=O)N(C)CCCCCN. The third-order valence-corrected chi connectivity index (χ3v) is 3.00. The van der Waals surface area contributed by atoms with Crippen LogP contribution in [0.5, 0.6) is 0 Å². The number of unbranched alkanes of at least 4 members (excludes halogenated alkanes) is 2. The van der Waals surface area contributed by atoms with Gasteiger partial charge in [0.15, 0.2) is 0 Å². The topological polar surface area (TPSA) is 46.3 Å². The third-order valence-electron chi connectivity index (χ3n) is 3.00. The lowest BCUT2D eigenvalue weighted by Gasteiger charge is -2.16. The van der Waals surface area contributed by atoms with E-state index in [9.17, 15) is 4.79 Å². The highest BCUT2D eigenvalue weighted by Gasteiger charge is 2.40. The third kappa shape index (κ3) is 3.29. The summed E-state index contributed by atoms with van der Waals surface area (Å²) < 4.78 is 0. The van der Waals surface area contributed by atoms with Crippen LogP contribution in [-0.4, -0.2) is 30.9 Å². The molecule has 0 spiro atoms. The largest absolute Gasteiger partial charge is 0.346 e. The van der Waals surface area contributed by atoms with Gasteiger partial charge in [-0.05, 0) is 31.7 Å². The summed E-state index contributed by atoms with van der Waals surface area (Å²) in [6.45, 7) is 3.80. The lowest BCUT2D eigenvalue weighted by molar-refractivity contribution is -0.131. The van der Waals surface area contributed by atoms with Gasteiger partial charge in [-0.2, -0.15) is 0 Å². The zero-order chi connectivity index (χ0) is 10.6. The van der Waals surface area contributed by atoms with Crippen molar-refractivity contribution < 1.29 is 4.79 Å². The molecule has 0 aromatic rings. The summed E-state index contributed by atoms with van der Waals surface area (Å²) in [7, 11) is 1.91. The highest BCUT2D eigenvalue weighted by molar-refractivity contribution is 5.81. The Labute approximate surface area is 86.6 Å². The van der Waals surface area contributed by atoms with Crippen LogP contribution in [0.3, 0.4) is 0 Å². The molecule has 0 saturated heterocycles. The highest BCUT2D eigenvalue weighted by atomic mass is 16.2. The van der Waals surface area contributed by atoms with E-state index in [0.29, 0.717) is 17.7 Å². The standard InChI is InChI=1S/C11H22N2O/c1-9-8-10(9)11(14)13(2)7-5-3-4-6-12/h9-10H,3-8,12H2,1-2H3. The van der Waals surface area contributed by atoms with E-state index >= 15 is 0 Å². The monoisotopic (exact) mass is 198 g/mol. The Balaban J connectivity index is 2.08. The fourth-order valence-corrected chi connectivity index (χ4v) is 1.73. The van der Waals surface area contributed by atoms with Crippen LogP contribution in [0.25, 0.3) is 0 Å². The van der Waals surface area contributed by atoms with Crippen molar-refractivity contribution in [2.75, 3.05) is 20.1 Å². The predicted molar refractivity (Wildman–Crippen MR) is 57.8 cm³/mol. The van der Waals surface area contributed by atoms with Gasteiger partial charge < -0.3 is 10.6 Å². The van der Waals surface area contributed by atoms with E-state index < -0.39 is 0 Å². The normalized spacial score (nSPS) is 24.8. The maximum atomic E-state index is 11.7. The van der Waals surface area contributed by atoms with Gasteiger partial charge in [0.1, 0.15) is 0 Å². The van der Waals surface area contributed by atoms with Crippen LogP contribution in [0.15, 0.2) is 0 Å². The first-order valence-corrected chi connectivity index (χ1v) is 5.62. The van der Waals surface area contributed by atoms with Gasteiger partial charge in [0.05, 0.1) is 0 Å². The summed E-state index contributed by atoms with van der Waals surface area (Å²) in [5.41, 5.74) is 5.40. The minimum absolute atomic E-state index is 0.328. The number of hydrogen-bond acceptors (Lipinski definition) is 2. The summed E-state index contributed by atoms with van der Waals surface area (Å²) >= 11 is 0. The molecule has 0 heterocycles. The van der Waals surface area contributed by atoms with Crippen LogP contribution in [-0.2, 0) is 4.79 Å². The van der Waals surface area contributed by atoms with Gasteiger partial charge in [0, 0.05) is 19.5 Å². The quantitative estimate of drug-likeness (QED) is 0.652. The molecule has 3 nitrogen and oxygen atoms in total. The molecule has 14 heavy (non-hydrogen) atoms. The molecule has 1 aliphatic rings. The Morgan fingerprint density at radius 2 is 2.07 bits per heavy atom. The van der Waals surface area contributed by atoms with Crippen LogP contribution in [0, 0.1) is 11.8 Å². The summed E-state index contributed by atoms with van der Waals surface area (Å²) in [6.07, 6.45) is 4.38. The molecule has 3 heteroatoms. The first kappa shape index (κ1) is 11.5. The van der Waals surface area contributed by atoms with E-state index in [1.54, 1.807) is 0 Å². The second-order valence-corrected chi connectivity index (χ2v) is 4.43. The second-order valence-electron chi connectivity index (χ2n) is 4.43. The van der Waals surface area contributed by atoms with Gasteiger partial charge >= 0.3 is 0 Å². The molecule has 0 aromatic carbocycles. The van der Waals surface area contributed by atoms with Crippen LogP contribution >= 0.6 is 0 Å². The van der Waals surface area contributed by atoms with E-state index in [0.717, 1.165) is 38.8 Å². The Kier molecular flexibility index (Phi) is 4.39. The minimum atomic E-state index is 0.328. The Morgan fingerprint density at radius 3 is 2.57 bits per heavy atom. The molecule has 1 aliphatic carbocycles. The van der Waals surface area contributed by atoms with E-state index in [-0.39, 0.29) is 0 Å². The first-order chi connectivity index (χ1) is 6.66. The highest BCUT2D eigenvalue weighted by Crippen LogP contribution is 2.38. The number of nitrogens with zero attached hydrogens (tertiary/aromatic N) is 1. The molecule has 1 rings (SSSR count).